The van der Waals surface area contributed by atoms with E-state index in [9.17, 15) is 9.59 Å². The summed E-state index contributed by atoms with van der Waals surface area (Å²) in [6, 6.07) is 7.04. The van der Waals surface area contributed by atoms with Crippen molar-refractivity contribution < 1.29 is 4.79 Å². The molecule has 0 saturated carbocycles. The van der Waals surface area contributed by atoms with Crippen LogP contribution in [0.4, 0.5) is 0 Å². The molecule has 0 atom stereocenters. The molecule has 3 aromatic rings. The highest BCUT2D eigenvalue weighted by molar-refractivity contribution is 5.93. The number of carbonyl (C=O) groups is 1. The van der Waals surface area contributed by atoms with Crippen LogP contribution in [0.15, 0.2) is 47.7 Å². The number of hydrogen-bond acceptors (Lipinski definition) is 5. The largest absolute Gasteiger partial charge is 0.346 e. The van der Waals surface area contributed by atoms with Crippen LogP contribution >= 0.6 is 0 Å². The van der Waals surface area contributed by atoms with E-state index in [0.717, 1.165) is 5.56 Å². The monoisotopic (exact) mass is 309 g/mol. The molecule has 0 radical (unpaired) electrons. The molecule has 23 heavy (non-hydrogen) atoms. The minimum atomic E-state index is -0.500. The summed E-state index contributed by atoms with van der Waals surface area (Å²) in [5.74, 6) is -0.500. The van der Waals surface area contributed by atoms with Crippen LogP contribution in [0, 0.1) is 0 Å². The fraction of sp³-hybridized carbons (Fsp3) is 0.188. The number of pyridine rings is 2. The molecule has 3 aromatic heterocycles. The van der Waals surface area contributed by atoms with E-state index in [0.29, 0.717) is 24.3 Å². The number of nitrogens with zero attached hydrogens (tertiary/aromatic N) is 4. The van der Waals surface area contributed by atoms with Gasteiger partial charge in [-0.3, -0.25) is 19.1 Å². The number of aromatic nitrogens is 4. The number of carbonyl (C=O) groups excluding carboxylic acids is 1. The predicted molar refractivity (Wildman–Crippen MR) is 84.9 cm³/mol. The summed E-state index contributed by atoms with van der Waals surface area (Å²) in [6.45, 7) is 2.55. The maximum atomic E-state index is 12.5. The fourth-order valence-corrected chi connectivity index (χ4v) is 2.28. The van der Waals surface area contributed by atoms with Gasteiger partial charge in [0.2, 0.25) is 0 Å². The van der Waals surface area contributed by atoms with Gasteiger partial charge in [0.15, 0.2) is 11.3 Å². The maximum Gasteiger partial charge on any atom is 0.283 e. The molecule has 7 nitrogen and oxygen atoms in total. The normalized spacial score (nSPS) is 10.7. The quantitative estimate of drug-likeness (QED) is 0.780. The van der Waals surface area contributed by atoms with Crippen molar-refractivity contribution in [1.82, 2.24) is 24.8 Å². The lowest BCUT2D eigenvalue weighted by Crippen LogP contribution is -2.34. The topological polar surface area (TPSA) is 89.8 Å². The molecule has 0 aromatic carbocycles. The van der Waals surface area contributed by atoms with Crippen molar-refractivity contribution >= 4 is 17.1 Å². The van der Waals surface area contributed by atoms with Crippen LogP contribution in [0.2, 0.25) is 0 Å². The molecule has 0 aliphatic heterocycles. The van der Waals surface area contributed by atoms with E-state index >= 15 is 0 Å². The molecule has 0 aliphatic carbocycles. The third kappa shape index (κ3) is 2.94. The van der Waals surface area contributed by atoms with E-state index in [4.69, 9.17) is 0 Å². The Bertz CT molecular complexity index is 905. The average Bonchev–Trinajstić information content (AvgIpc) is 2.60. The van der Waals surface area contributed by atoms with Gasteiger partial charge in [0.1, 0.15) is 5.52 Å². The molecule has 1 N–H and O–H groups in total. The highest BCUT2D eigenvalue weighted by Crippen LogP contribution is 2.07. The molecule has 3 rings (SSSR count). The van der Waals surface area contributed by atoms with Crippen LogP contribution in [0.3, 0.4) is 0 Å². The second-order valence-electron chi connectivity index (χ2n) is 4.89. The van der Waals surface area contributed by atoms with Crippen molar-refractivity contribution in [1.29, 1.82) is 0 Å². The van der Waals surface area contributed by atoms with E-state index in [-0.39, 0.29) is 5.69 Å². The zero-order chi connectivity index (χ0) is 16.2. The van der Waals surface area contributed by atoms with Gasteiger partial charge in [0.05, 0.1) is 0 Å². The van der Waals surface area contributed by atoms with E-state index in [1.165, 1.54) is 4.57 Å². The lowest BCUT2D eigenvalue weighted by atomic mass is 10.2. The summed E-state index contributed by atoms with van der Waals surface area (Å²) in [4.78, 5) is 37.0. The minimum Gasteiger partial charge on any atom is -0.346 e. The van der Waals surface area contributed by atoms with Crippen LogP contribution in [0.1, 0.15) is 23.0 Å². The molecule has 0 spiro atoms. The van der Waals surface area contributed by atoms with Crippen molar-refractivity contribution in [3.8, 4) is 0 Å². The number of nitrogens with one attached hydrogen (secondary N) is 1. The molecule has 1 amide bonds. The SMILES string of the molecule is CCn1c(=O)c(C(=O)NCc2ccncc2)nc2cccnc21. The standard InChI is InChI=1S/C16H15N5O2/c1-2-21-14-12(4-3-7-18-14)20-13(16(21)23)15(22)19-10-11-5-8-17-9-6-11/h3-9H,2,10H2,1H3,(H,19,22). The predicted octanol–water partition coefficient (Wildman–Crippen LogP) is 1.14. The van der Waals surface area contributed by atoms with E-state index in [1.807, 2.05) is 6.92 Å². The molecule has 0 fully saturated rings. The second kappa shape index (κ2) is 6.35. The summed E-state index contributed by atoms with van der Waals surface area (Å²) >= 11 is 0. The summed E-state index contributed by atoms with van der Waals surface area (Å²) < 4.78 is 1.45. The smallest absolute Gasteiger partial charge is 0.283 e. The number of amides is 1. The third-order valence-corrected chi connectivity index (χ3v) is 3.44. The summed E-state index contributed by atoms with van der Waals surface area (Å²) in [5.41, 5.74) is 1.33. The van der Waals surface area contributed by atoms with Crippen molar-refractivity contribution in [2.75, 3.05) is 0 Å². The van der Waals surface area contributed by atoms with Crippen LogP contribution < -0.4 is 10.9 Å². The Morgan fingerprint density at radius 3 is 2.74 bits per heavy atom. The summed E-state index contributed by atoms with van der Waals surface area (Å²) in [7, 11) is 0. The first-order valence-corrected chi connectivity index (χ1v) is 7.23. The Labute approximate surface area is 132 Å². The first-order chi connectivity index (χ1) is 11.2. The Morgan fingerprint density at radius 2 is 2.00 bits per heavy atom. The molecule has 0 aliphatic rings. The van der Waals surface area contributed by atoms with Gasteiger partial charge in [0, 0.05) is 31.7 Å². The molecule has 116 valence electrons. The molecule has 7 heteroatoms. The highest BCUT2D eigenvalue weighted by Gasteiger charge is 2.17. The van der Waals surface area contributed by atoms with Crippen molar-refractivity contribution in [3.63, 3.8) is 0 Å². The first-order valence-electron chi connectivity index (χ1n) is 7.23. The van der Waals surface area contributed by atoms with Crippen molar-refractivity contribution in [2.24, 2.45) is 0 Å². The van der Waals surface area contributed by atoms with Crippen LogP contribution in [-0.4, -0.2) is 25.4 Å². The van der Waals surface area contributed by atoms with Crippen molar-refractivity contribution in [2.45, 2.75) is 20.0 Å². The van der Waals surface area contributed by atoms with Gasteiger partial charge < -0.3 is 5.32 Å². The Hall–Kier alpha value is -3.09. The van der Waals surface area contributed by atoms with Gasteiger partial charge in [-0.15, -0.1) is 0 Å². The van der Waals surface area contributed by atoms with Gasteiger partial charge in [0.25, 0.3) is 11.5 Å². The van der Waals surface area contributed by atoms with Gasteiger partial charge >= 0.3 is 0 Å². The number of hydrogen-bond donors (Lipinski definition) is 1. The molecular weight excluding hydrogens is 294 g/mol. The number of fused-ring (bicyclic) bond motifs is 1. The van der Waals surface area contributed by atoms with Crippen molar-refractivity contribution in [3.05, 3.63) is 64.5 Å². The van der Waals surface area contributed by atoms with Crippen LogP contribution in [-0.2, 0) is 13.1 Å². The minimum absolute atomic E-state index is 0.124. The Balaban J connectivity index is 1.94. The lowest BCUT2D eigenvalue weighted by molar-refractivity contribution is 0.0944. The van der Waals surface area contributed by atoms with E-state index in [2.05, 4.69) is 20.3 Å². The zero-order valence-electron chi connectivity index (χ0n) is 12.6. The van der Waals surface area contributed by atoms with Crippen LogP contribution in [0.5, 0.6) is 0 Å². The van der Waals surface area contributed by atoms with Gasteiger partial charge in [-0.1, -0.05) is 0 Å². The number of aryl methyl sites for hydroxylation is 1. The zero-order valence-corrected chi connectivity index (χ0v) is 12.6. The van der Waals surface area contributed by atoms with Gasteiger partial charge in [-0.2, -0.15) is 0 Å². The molecule has 3 heterocycles. The summed E-state index contributed by atoms with van der Waals surface area (Å²) in [6.07, 6.45) is 4.88. The van der Waals surface area contributed by atoms with Gasteiger partial charge in [-0.25, -0.2) is 9.97 Å². The highest BCUT2D eigenvalue weighted by atomic mass is 16.2. The fourth-order valence-electron chi connectivity index (χ4n) is 2.28. The third-order valence-electron chi connectivity index (χ3n) is 3.44. The Morgan fingerprint density at radius 1 is 1.22 bits per heavy atom. The van der Waals surface area contributed by atoms with Gasteiger partial charge in [-0.05, 0) is 36.8 Å². The van der Waals surface area contributed by atoms with Crippen LogP contribution in [0.25, 0.3) is 11.2 Å². The maximum absolute atomic E-state index is 12.5. The molecule has 0 unspecified atom stereocenters. The number of rotatable bonds is 4. The average molecular weight is 309 g/mol. The second-order valence-corrected chi connectivity index (χ2v) is 4.89. The lowest BCUT2D eigenvalue weighted by Gasteiger charge is -2.09. The van der Waals surface area contributed by atoms with E-state index in [1.54, 1.807) is 42.9 Å². The molecular formula is C16H15N5O2. The Kier molecular flexibility index (Phi) is 4.09. The first kappa shape index (κ1) is 14.8. The molecule has 0 saturated heterocycles. The summed E-state index contributed by atoms with van der Waals surface area (Å²) in [5, 5.41) is 2.71. The molecule has 0 bridgehead atoms. The van der Waals surface area contributed by atoms with E-state index < -0.39 is 11.5 Å².